The topological polar surface area (TPSA) is 49.6 Å². The zero-order valence-electron chi connectivity index (χ0n) is 14.9. The maximum Gasteiger partial charge on any atom is 0.265 e. The van der Waals surface area contributed by atoms with Crippen molar-refractivity contribution >= 4 is 55.3 Å². The Labute approximate surface area is 159 Å². The van der Waals surface area contributed by atoms with Crippen LogP contribution in [0.5, 0.6) is 0 Å². The zero-order chi connectivity index (χ0) is 18.3. The number of fused-ring (bicyclic) bond motifs is 3. The molecule has 26 heavy (non-hydrogen) atoms. The van der Waals surface area contributed by atoms with Crippen molar-refractivity contribution in [2.24, 2.45) is 0 Å². The molecule has 0 atom stereocenters. The predicted molar refractivity (Wildman–Crippen MR) is 111 cm³/mol. The SMILES string of the molecule is CCN(c1ccc(NC(=O)c2cc3c(nc4sccn43)s2)cc1)C(C)C. The monoisotopic (exact) mass is 384 g/mol. The van der Waals surface area contributed by atoms with Crippen LogP contribution in [0.25, 0.3) is 15.3 Å². The molecule has 0 saturated heterocycles. The number of thiophene rings is 1. The van der Waals surface area contributed by atoms with Gasteiger partial charge in [0, 0.05) is 35.5 Å². The van der Waals surface area contributed by atoms with Crippen molar-refractivity contribution in [2.75, 3.05) is 16.8 Å². The van der Waals surface area contributed by atoms with Gasteiger partial charge in [-0.05, 0) is 51.1 Å². The van der Waals surface area contributed by atoms with Gasteiger partial charge in [-0.15, -0.1) is 22.7 Å². The fraction of sp³-hybridized carbons (Fsp3) is 0.263. The maximum absolute atomic E-state index is 12.6. The van der Waals surface area contributed by atoms with Crippen molar-refractivity contribution in [1.29, 1.82) is 0 Å². The first-order chi connectivity index (χ1) is 12.6. The molecule has 3 heterocycles. The third-order valence-electron chi connectivity index (χ3n) is 4.38. The molecule has 134 valence electrons. The molecule has 0 aliphatic carbocycles. The van der Waals surface area contributed by atoms with Crippen LogP contribution < -0.4 is 10.2 Å². The van der Waals surface area contributed by atoms with E-state index in [0.717, 1.165) is 33.2 Å². The minimum atomic E-state index is -0.0964. The number of carbonyl (C=O) groups excluding carboxylic acids is 1. The number of amides is 1. The molecule has 7 heteroatoms. The molecule has 0 saturated carbocycles. The highest BCUT2D eigenvalue weighted by atomic mass is 32.1. The molecule has 1 amide bonds. The van der Waals surface area contributed by atoms with Gasteiger partial charge in [-0.1, -0.05) is 0 Å². The summed E-state index contributed by atoms with van der Waals surface area (Å²) in [6.07, 6.45) is 1.98. The van der Waals surface area contributed by atoms with Crippen LogP contribution in [-0.2, 0) is 0 Å². The van der Waals surface area contributed by atoms with E-state index in [2.05, 4.69) is 48.1 Å². The molecular formula is C19H20N4OS2. The van der Waals surface area contributed by atoms with Crippen molar-refractivity contribution in [2.45, 2.75) is 26.8 Å². The number of imidazole rings is 1. The average molecular weight is 385 g/mol. The fourth-order valence-corrected chi connectivity index (χ4v) is 4.83. The lowest BCUT2D eigenvalue weighted by Gasteiger charge is -2.27. The van der Waals surface area contributed by atoms with E-state index >= 15 is 0 Å². The first-order valence-electron chi connectivity index (χ1n) is 8.60. The Bertz CT molecular complexity index is 1060. The number of benzene rings is 1. The average Bonchev–Trinajstić information content (AvgIpc) is 3.28. The molecule has 4 rings (SSSR count). The van der Waals surface area contributed by atoms with E-state index < -0.39 is 0 Å². The molecule has 0 bridgehead atoms. The van der Waals surface area contributed by atoms with Gasteiger partial charge < -0.3 is 10.2 Å². The van der Waals surface area contributed by atoms with E-state index in [1.807, 2.05) is 34.2 Å². The Balaban J connectivity index is 1.53. The molecule has 0 spiro atoms. The molecular weight excluding hydrogens is 364 g/mol. The van der Waals surface area contributed by atoms with Crippen molar-refractivity contribution in [3.63, 3.8) is 0 Å². The van der Waals surface area contributed by atoms with Crippen LogP contribution in [0.2, 0.25) is 0 Å². The third kappa shape index (κ3) is 2.97. The van der Waals surface area contributed by atoms with Crippen LogP contribution in [0.4, 0.5) is 11.4 Å². The Morgan fingerprint density at radius 1 is 1.31 bits per heavy atom. The minimum Gasteiger partial charge on any atom is -0.369 e. The summed E-state index contributed by atoms with van der Waals surface area (Å²) in [5, 5.41) is 4.98. The summed E-state index contributed by atoms with van der Waals surface area (Å²) in [5.41, 5.74) is 2.95. The summed E-state index contributed by atoms with van der Waals surface area (Å²) in [6, 6.07) is 10.4. The second-order valence-corrected chi connectivity index (χ2v) is 8.25. The summed E-state index contributed by atoms with van der Waals surface area (Å²) < 4.78 is 2.02. The summed E-state index contributed by atoms with van der Waals surface area (Å²) in [6.45, 7) is 7.46. The number of nitrogens with zero attached hydrogens (tertiary/aromatic N) is 3. The summed E-state index contributed by atoms with van der Waals surface area (Å²) in [7, 11) is 0. The van der Waals surface area contributed by atoms with Gasteiger partial charge in [0.15, 0.2) is 4.96 Å². The van der Waals surface area contributed by atoms with Gasteiger partial charge in [0.05, 0.1) is 10.4 Å². The van der Waals surface area contributed by atoms with Gasteiger partial charge in [0.25, 0.3) is 5.91 Å². The number of hydrogen-bond acceptors (Lipinski definition) is 5. The quantitative estimate of drug-likeness (QED) is 0.521. The first-order valence-corrected chi connectivity index (χ1v) is 10.3. The first kappa shape index (κ1) is 17.1. The van der Waals surface area contributed by atoms with Crippen LogP contribution in [0, 0.1) is 0 Å². The smallest absolute Gasteiger partial charge is 0.265 e. The van der Waals surface area contributed by atoms with Crippen molar-refractivity contribution in [3.8, 4) is 0 Å². The van der Waals surface area contributed by atoms with E-state index in [0.29, 0.717) is 10.9 Å². The van der Waals surface area contributed by atoms with Gasteiger partial charge in [-0.25, -0.2) is 4.98 Å². The summed E-state index contributed by atoms with van der Waals surface area (Å²) in [4.78, 5) is 22.0. The number of rotatable bonds is 5. The number of nitrogens with one attached hydrogen (secondary N) is 1. The van der Waals surface area contributed by atoms with Crippen LogP contribution in [-0.4, -0.2) is 27.9 Å². The third-order valence-corrected chi connectivity index (χ3v) is 6.16. The van der Waals surface area contributed by atoms with Gasteiger partial charge in [-0.3, -0.25) is 9.20 Å². The minimum absolute atomic E-state index is 0.0964. The molecule has 3 aromatic heterocycles. The Morgan fingerprint density at radius 2 is 2.08 bits per heavy atom. The lowest BCUT2D eigenvalue weighted by atomic mass is 10.2. The van der Waals surface area contributed by atoms with Crippen LogP contribution in [0.15, 0.2) is 41.9 Å². The molecule has 0 aliphatic heterocycles. The second kappa shape index (κ2) is 6.74. The van der Waals surface area contributed by atoms with Gasteiger partial charge in [0.2, 0.25) is 0 Å². The zero-order valence-corrected chi connectivity index (χ0v) is 16.5. The van der Waals surface area contributed by atoms with E-state index in [1.165, 1.54) is 11.3 Å². The van der Waals surface area contributed by atoms with Crippen molar-refractivity contribution in [1.82, 2.24) is 9.38 Å². The molecule has 0 aliphatic rings. The van der Waals surface area contributed by atoms with E-state index in [1.54, 1.807) is 11.3 Å². The number of aromatic nitrogens is 2. The van der Waals surface area contributed by atoms with Crippen LogP contribution >= 0.6 is 22.7 Å². The fourth-order valence-electron chi connectivity index (χ4n) is 3.13. The van der Waals surface area contributed by atoms with E-state index in [4.69, 9.17) is 0 Å². The summed E-state index contributed by atoms with van der Waals surface area (Å²) >= 11 is 3.02. The number of thiazole rings is 1. The van der Waals surface area contributed by atoms with E-state index in [9.17, 15) is 4.79 Å². The van der Waals surface area contributed by atoms with Crippen molar-refractivity contribution < 1.29 is 4.79 Å². The van der Waals surface area contributed by atoms with Crippen molar-refractivity contribution in [3.05, 3.63) is 46.8 Å². The largest absolute Gasteiger partial charge is 0.369 e. The Kier molecular flexibility index (Phi) is 4.42. The van der Waals surface area contributed by atoms with Gasteiger partial charge >= 0.3 is 0 Å². The Morgan fingerprint density at radius 3 is 2.77 bits per heavy atom. The lowest BCUT2D eigenvalue weighted by Crippen LogP contribution is -2.30. The molecule has 1 aromatic carbocycles. The highest BCUT2D eigenvalue weighted by molar-refractivity contribution is 7.21. The molecule has 5 nitrogen and oxygen atoms in total. The normalized spacial score (nSPS) is 11.5. The molecule has 0 fully saturated rings. The highest BCUT2D eigenvalue weighted by Crippen LogP contribution is 2.29. The van der Waals surface area contributed by atoms with E-state index in [-0.39, 0.29) is 5.91 Å². The van der Waals surface area contributed by atoms with Crippen LogP contribution in [0.3, 0.4) is 0 Å². The lowest BCUT2D eigenvalue weighted by molar-refractivity contribution is 0.103. The summed E-state index contributed by atoms with van der Waals surface area (Å²) in [5.74, 6) is -0.0964. The maximum atomic E-state index is 12.6. The van der Waals surface area contributed by atoms with Crippen LogP contribution in [0.1, 0.15) is 30.4 Å². The molecule has 0 radical (unpaired) electrons. The second-order valence-electron chi connectivity index (χ2n) is 6.35. The predicted octanol–water partition coefficient (Wildman–Crippen LogP) is 5.10. The molecule has 4 aromatic rings. The molecule has 0 unspecified atom stereocenters. The van der Waals surface area contributed by atoms with Gasteiger partial charge in [-0.2, -0.15) is 0 Å². The Hall–Kier alpha value is -2.38. The van der Waals surface area contributed by atoms with Gasteiger partial charge in [0.1, 0.15) is 4.83 Å². The number of carbonyl (C=O) groups is 1. The number of hydrogen-bond donors (Lipinski definition) is 1. The highest BCUT2D eigenvalue weighted by Gasteiger charge is 2.15. The molecule has 1 N–H and O–H groups in total. The number of anilines is 2. The standard InChI is InChI=1S/C19H20N4OS2/c1-4-22(12(2)3)14-7-5-13(6-8-14)20-17(24)16-11-15-18(26-16)21-19-23(15)9-10-25-19/h5-12H,4H2,1-3H3,(H,20,24).